The van der Waals surface area contributed by atoms with Gasteiger partial charge < -0.3 is 15.0 Å². The number of hydrogen-bond donors (Lipinski definition) is 1. The molecule has 1 aromatic heterocycles. The van der Waals surface area contributed by atoms with Crippen molar-refractivity contribution in [3.8, 4) is 0 Å². The first kappa shape index (κ1) is 15.2. The Hall–Kier alpha value is -1.66. The van der Waals surface area contributed by atoms with Crippen LogP contribution in [-0.2, 0) is 11.3 Å². The van der Waals surface area contributed by atoms with Crippen molar-refractivity contribution in [2.45, 2.75) is 37.6 Å². The Morgan fingerprint density at radius 2 is 2.23 bits per heavy atom. The van der Waals surface area contributed by atoms with E-state index in [0.717, 1.165) is 32.5 Å². The maximum atomic E-state index is 12.0. The normalized spacial score (nSPS) is 28.2. The second-order valence-electron chi connectivity index (χ2n) is 6.28. The number of ether oxygens (including phenoxy) is 1. The maximum absolute atomic E-state index is 12.0. The number of rotatable bonds is 3. The minimum Gasteiger partial charge on any atom is -0.374 e. The highest BCUT2D eigenvalue weighted by Gasteiger charge is 2.44. The molecule has 0 bridgehead atoms. The van der Waals surface area contributed by atoms with E-state index in [9.17, 15) is 4.79 Å². The number of fused-ring (bicyclic) bond motifs is 1. The van der Waals surface area contributed by atoms with Gasteiger partial charge in [0.15, 0.2) is 0 Å². The van der Waals surface area contributed by atoms with Gasteiger partial charge in [-0.1, -0.05) is 0 Å². The quantitative estimate of drug-likeness (QED) is 0.908. The van der Waals surface area contributed by atoms with Crippen LogP contribution >= 0.6 is 0 Å². The summed E-state index contributed by atoms with van der Waals surface area (Å²) < 4.78 is 5.98. The summed E-state index contributed by atoms with van der Waals surface area (Å²) in [5.74, 6) is 0. The maximum Gasteiger partial charge on any atom is 0.317 e. The van der Waals surface area contributed by atoms with Crippen LogP contribution in [-0.4, -0.2) is 66.2 Å². The van der Waals surface area contributed by atoms with Crippen LogP contribution in [0.25, 0.3) is 0 Å². The molecule has 2 fully saturated rings. The number of pyridine rings is 1. The van der Waals surface area contributed by atoms with Gasteiger partial charge in [-0.2, -0.15) is 0 Å². The second kappa shape index (κ2) is 6.62. The van der Waals surface area contributed by atoms with Crippen molar-refractivity contribution in [1.29, 1.82) is 0 Å². The first-order chi connectivity index (χ1) is 10.6. The minimum absolute atomic E-state index is 0.0521. The Morgan fingerprint density at radius 3 is 2.95 bits per heavy atom. The average Bonchev–Trinajstić information content (AvgIpc) is 2.86. The lowest BCUT2D eigenvalue weighted by atomic mass is 10.0. The van der Waals surface area contributed by atoms with Crippen molar-refractivity contribution in [1.82, 2.24) is 20.1 Å². The smallest absolute Gasteiger partial charge is 0.317 e. The molecule has 1 N–H and O–H groups in total. The van der Waals surface area contributed by atoms with E-state index in [1.54, 1.807) is 19.0 Å². The zero-order chi connectivity index (χ0) is 15.5. The number of urea groups is 1. The molecule has 6 nitrogen and oxygen atoms in total. The fourth-order valence-electron chi connectivity index (χ4n) is 3.37. The Balaban J connectivity index is 1.70. The first-order valence-electron chi connectivity index (χ1n) is 7.87. The summed E-state index contributed by atoms with van der Waals surface area (Å²) in [5, 5.41) is 3.10. The standard InChI is InChI=1S/C16H24N4O2/c1-19(2)16(21)18-13-11-20(10-12-5-7-17-8-6-12)14-4-3-9-22-15(13)14/h5-8,13-15H,3-4,9-11H2,1-2H3,(H,18,21)/t13-,14-,15-/m1/s1. The van der Waals surface area contributed by atoms with Gasteiger partial charge in [0.2, 0.25) is 0 Å². The van der Waals surface area contributed by atoms with Gasteiger partial charge in [0.25, 0.3) is 0 Å². The molecule has 0 radical (unpaired) electrons. The third-order valence-electron chi connectivity index (χ3n) is 4.48. The van der Waals surface area contributed by atoms with Gasteiger partial charge in [0.1, 0.15) is 0 Å². The van der Waals surface area contributed by atoms with Crippen molar-refractivity contribution < 1.29 is 9.53 Å². The van der Waals surface area contributed by atoms with Crippen molar-refractivity contribution in [3.63, 3.8) is 0 Å². The monoisotopic (exact) mass is 304 g/mol. The molecular weight excluding hydrogens is 280 g/mol. The summed E-state index contributed by atoms with van der Waals surface area (Å²) >= 11 is 0. The van der Waals surface area contributed by atoms with Gasteiger partial charge in [-0.05, 0) is 30.5 Å². The van der Waals surface area contributed by atoms with Gasteiger partial charge in [-0.15, -0.1) is 0 Å². The molecule has 0 unspecified atom stereocenters. The molecule has 2 saturated heterocycles. The predicted molar refractivity (Wildman–Crippen MR) is 83.4 cm³/mol. The zero-order valence-electron chi connectivity index (χ0n) is 13.2. The van der Waals surface area contributed by atoms with Crippen LogP contribution in [0.3, 0.4) is 0 Å². The highest BCUT2D eigenvalue weighted by Crippen LogP contribution is 2.30. The van der Waals surface area contributed by atoms with E-state index in [-0.39, 0.29) is 18.2 Å². The molecule has 0 spiro atoms. The van der Waals surface area contributed by atoms with Crippen LogP contribution in [0.5, 0.6) is 0 Å². The summed E-state index contributed by atoms with van der Waals surface area (Å²) in [5.41, 5.74) is 1.25. The van der Waals surface area contributed by atoms with Crippen molar-refractivity contribution >= 4 is 6.03 Å². The molecule has 0 aliphatic carbocycles. The summed E-state index contributed by atoms with van der Waals surface area (Å²) in [7, 11) is 3.52. The molecule has 3 heterocycles. The van der Waals surface area contributed by atoms with Crippen molar-refractivity contribution in [2.75, 3.05) is 27.2 Å². The summed E-state index contributed by atoms with van der Waals surface area (Å²) in [6.45, 7) is 2.50. The number of aromatic nitrogens is 1. The molecule has 120 valence electrons. The number of hydrogen-bond acceptors (Lipinski definition) is 4. The molecular formula is C16H24N4O2. The third-order valence-corrected chi connectivity index (χ3v) is 4.48. The van der Waals surface area contributed by atoms with Crippen molar-refractivity contribution in [3.05, 3.63) is 30.1 Å². The Labute approximate surface area is 131 Å². The SMILES string of the molecule is CN(C)C(=O)N[C@@H]1CN(Cc2ccncc2)[C@@H]2CCCO[C@@H]21. The van der Waals surface area contributed by atoms with Crippen LogP contribution in [0, 0.1) is 0 Å². The molecule has 0 saturated carbocycles. The van der Waals surface area contributed by atoms with Gasteiger partial charge in [0, 0.05) is 52.2 Å². The molecule has 2 amide bonds. The van der Waals surface area contributed by atoms with Gasteiger partial charge in [-0.25, -0.2) is 4.79 Å². The van der Waals surface area contributed by atoms with Gasteiger partial charge in [-0.3, -0.25) is 9.88 Å². The summed E-state index contributed by atoms with van der Waals surface area (Å²) in [4.78, 5) is 20.0. The number of carbonyl (C=O) groups excluding carboxylic acids is 1. The Morgan fingerprint density at radius 1 is 1.45 bits per heavy atom. The van der Waals surface area contributed by atoms with Gasteiger partial charge in [0.05, 0.1) is 12.1 Å². The van der Waals surface area contributed by atoms with Crippen molar-refractivity contribution in [2.24, 2.45) is 0 Å². The lowest BCUT2D eigenvalue weighted by Gasteiger charge is -2.32. The molecule has 6 heteroatoms. The Kier molecular flexibility index (Phi) is 4.59. The van der Waals surface area contributed by atoms with Crippen LogP contribution in [0.4, 0.5) is 4.79 Å². The van der Waals surface area contributed by atoms with E-state index in [2.05, 4.69) is 15.2 Å². The molecule has 0 aromatic carbocycles. The van der Waals surface area contributed by atoms with E-state index in [1.165, 1.54) is 5.56 Å². The molecule has 3 rings (SSSR count). The van der Waals surface area contributed by atoms with Gasteiger partial charge >= 0.3 is 6.03 Å². The van der Waals surface area contributed by atoms with Crippen LogP contribution in [0.1, 0.15) is 18.4 Å². The molecule has 1 aromatic rings. The van der Waals surface area contributed by atoms with Crippen LogP contribution < -0.4 is 5.32 Å². The molecule has 2 aliphatic heterocycles. The highest BCUT2D eigenvalue weighted by atomic mass is 16.5. The fraction of sp³-hybridized carbons (Fsp3) is 0.625. The minimum atomic E-state index is -0.0521. The largest absolute Gasteiger partial charge is 0.374 e. The number of nitrogens with one attached hydrogen (secondary N) is 1. The molecule has 22 heavy (non-hydrogen) atoms. The zero-order valence-corrected chi connectivity index (χ0v) is 13.2. The molecule has 2 aliphatic rings. The first-order valence-corrected chi connectivity index (χ1v) is 7.87. The number of nitrogens with zero attached hydrogens (tertiary/aromatic N) is 3. The van der Waals surface area contributed by atoms with E-state index >= 15 is 0 Å². The highest BCUT2D eigenvalue weighted by molar-refractivity contribution is 5.74. The molecule has 3 atom stereocenters. The fourth-order valence-corrected chi connectivity index (χ4v) is 3.37. The van der Waals surface area contributed by atoms with E-state index in [1.807, 2.05) is 24.5 Å². The van der Waals surface area contributed by atoms with E-state index < -0.39 is 0 Å². The number of carbonyl (C=O) groups is 1. The topological polar surface area (TPSA) is 57.7 Å². The summed E-state index contributed by atoms with van der Waals surface area (Å²) in [6, 6.07) is 4.48. The average molecular weight is 304 g/mol. The predicted octanol–water partition coefficient (Wildman–Crippen LogP) is 1.08. The second-order valence-corrected chi connectivity index (χ2v) is 6.28. The lowest BCUT2D eigenvalue weighted by molar-refractivity contribution is -0.0207. The third kappa shape index (κ3) is 3.23. The Bertz CT molecular complexity index is 508. The summed E-state index contributed by atoms with van der Waals surface area (Å²) in [6.07, 6.45) is 5.96. The number of amides is 2. The van der Waals surface area contributed by atoms with E-state index in [4.69, 9.17) is 4.74 Å². The van der Waals surface area contributed by atoms with Crippen LogP contribution in [0.2, 0.25) is 0 Å². The lowest BCUT2D eigenvalue weighted by Crippen LogP contribution is -2.50. The van der Waals surface area contributed by atoms with E-state index in [0.29, 0.717) is 6.04 Å². The van der Waals surface area contributed by atoms with Crippen LogP contribution in [0.15, 0.2) is 24.5 Å². The number of likely N-dealkylation sites (tertiary alicyclic amines) is 1.